The normalized spacial score (nSPS) is 10.6. The fourth-order valence-corrected chi connectivity index (χ4v) is 2.42. The van der Waals surface area contributed by atoms with Crippen molar-refractivity contribution in [2.24, 2.45) is 0 Å². The summed E-state index contributed by atoms with van der Waals surface area (Å²) in [7, 11) is 0. The first-order chi connectivity index (χ1) is 10.2. The summed E-state index contributed by atoms with van der Waals surface area (Å²) in [6, 6.07) is 13.9. The van der Waals surface area contributed by atoms with E-state index in [1.54, 1.807) is 12.3 Å². The maximum Gasteiger partial charge on any atom is 0.131 e. The molecule has 2 aromatic heterocycles. The number of aromatic nitrogens is 3. The van der Waals surface area contributed by atoms with Crippen molar-refractivity contribution in [2.45, 2.75) is 13.5 Å². The molecule has 21 heavy (non-hydrogen) atoms. The van der Waals surface area contributed by atoms with E-state index in [2.05, 4.69) is 32.0 Å². The molecule has 1 N–H and O–H groups in total. The summed E-state index contributed by atoms with van der Waals surface area (Å²) >= 11 is 5.89. The fraction of sp³-hybridized carbons (Fsp3) is 0.125. The van der Waals surface area contributed by atoms with Gasteiger partial charge < -0.3 is 5.32 Å². The lowest BCUT2D eigenvalue weighted by Gasteiger charge is -2.11. The van der Waals surface area contributed by atoms with Crippen molar-refractivity contribution < 1.29 is 0 Å². The number of hydrogen-bond donors (Lipinski definition) is 1. The Labute approximate surface area is 128 Å². The van der Waals surface area contributed by atoms with Crippen molar-refractivity contribution >= 4 is 17.3 Å². The van der Waals surface area contributed by atoms with Crippen LogP contribution in [0.1, 0.15) is 11.5 Å². The van der Waals surface area contributed by atoms with Crippen LogP contribution in [0.25, 0.3) is 5.69 Å². The first kappa shape index (κ1) is 13.6. The Bertz CT molecular complexity index is 737. The zero-order chi connectivity index (χ0) is 14.7. The van der Waals surface area contributed by atoms with Gasteiger partial charge in [0, 0.05) is 17.6 Å². The molecule has 0 saturated carbocycles. The number of aryl methyl sites for hydroxylation is 1. The second-order valence-corrected chi connectivity index (χ2v) is 5.08. The first-order valence-corrected chi connectivity index (χ1v) is 7.06. The number of nitrogens with zero attached hydrogens (tertiary/aromatic N) is 3. The summed E-state index contributed by atoms with van der Waals surface area (Å²) in [4.78, 5) is 8.38. The smallest absolute Gasteiger partial charge is 0.131 e. The summed E-state index contributed by atoms with van der Waals surface area (Å²) in [6.45, 7) is 2.66. The molecule has 0 aliphatic carbocycles. The molecule has 0 spiro atoms. The minimum atomic E-state index is 0.479. The van der Waals surface area contributed by atoms with Crippen molar-refractivity contribution in [1.29, 1.82) is 0 Å². The molecule has 0 bridgehead atoms. The second-order valence-electron chi connectivity index (χ2n) is 4.69. The average Bonchev–Trinajstić information content (AvgIpc) is 2.87. The van der Waals surface area contributed by atoms with E-state index in [4.69, 9.17) is 11.6 Å². The van der Waals surface area contributed by atoms with Crippen LogP contribution in [0, 0.1) is 6.92 Å². The minimum Gasteiger partial charge on any atom is -0.379 e. The van der Waals surface area contributed by atoms with E-state index in [-0.39, 0.29) is 0 Å². The van der Waals surface area contributed by atoms with E-state index in [1.165, 1.54) is 0 Å². The number of para-hydroxylation sites is 1. The molecule has 0 radical (unpaired) electrons. The Hall–Kier alpha value is -2.33. The summed E-state index contributed by atoms with van der Waals surface area (Å²) in [6.07, 6.45) is 3.57. The summed E-state index contributed by atoms with van der Waals surface area (Å²) < 4.78 is 2.13. The third-order valence-electron chi connectivity index (χ3n) is 3.23. The lowest BCUT2D eigenvalue weighted by Crippen LogP contribution is -2.07. The molecule has 3 aromatic rings. The molecule has 0 aliphatic heterocycles. The molecule has 0 unspecified atom stereocenters. The van der Waals surface area contributed by atoms with Gasteiger partial charge in [-0.05, 0) is 31.2 Å². The number of nitrogens with one attached hydrogen (secondary N) is 1. The van der Waals surface area contributed by atoms with E-state index in [1.807, 2.05) is 37.4 Å². The van der Waals surface area contributed by atoms with Crippen molar-refractivity contribution in [2.75, 3.05) is 5.32 Å². The number of anilines is 1. The van der Waals surface area contributed by atoms with E-state index < -0.39 is 0 Å². The number of benzene rings is 1. The number of halogens is 1. The molecule has 0 atom stereocenters. The van der Waals surface area contributed by atoms with Crippen LogP contribution in [0.4, 0.5) is 5.69 Å². The van der Waals surface area contributed by atoms with Crippen LogP contribution >= 0.6 is 11.6 Å². The third kappa shape index (κ3) is 3.06. The van der Waals surface area contributed by atoms with Crippen molar-refractivity contribution in [3.63, 3.8) is 0 Å². The maximum atomic E-state index is 5.89. The van der Waals surface area contributed by atoms with Crippen LogP contribution in [0.3, 0.4) is 0 Å². The molecule has 1 aromatic carbocycles. The van der Waals surface area contributed by atoms with Gasteiger partial charge >= 0.3 is 0 Å². The lowest BCUT2D eigenvalue weighted by molar-refractivity contribution is 0.900. The Morgan fingerprint density at radius 1 is 1.14 bits per heavy atom. The topological polar surface area (TPSA) is 42.7 Å². The van der Waals surface area contributed by atoms with Gasteiger partial charge in [-0.1, -0.05) is 29.8 Å². The third-order valence-corrected chi connectivity index (χ3v) is 3.43. The van der Waals surface area contributed by atoms with Gasteiger partial charge in [0.2, 0.25) is 0 Å². The zero-order valence-electron chi connectivity index (χ0n) is 11.6. The van der Waals surface area contributed by atoms with Gasteiger partial charge in [-0.15, -0.1) is 0 Å². The quantitative estimate of drug-likeness (QED) is 0.744. The SMILES string of the molecule is Cc1ncc(CNc2ccnc(Cl)c2)n1-c1ccccc1. The number of rotatable bonds is 4. The van der Waals surface area contributed by atoms with Crippen LogP contribution in [0.15, 0.2) is 54.9 Å². The standard InChI is InChI=1S/C16H15ClN4/c1-12-19-10-15(21(12)14-5-3-2-4-6-14)11-20-13-7-8-18-16(17)9-13/h2-10H,11H2,1H3,(H,18,20). The summed E-state index contributed by atoms with van der Waals surface area (Å²) in [5.74, 6) is 0.964. The van der Waals surface area contributed by atoms with Gasteiger partial charge in [-0.2, -0.15) is 0 Å². The van der Waals surface area contributed by atoms with Gasteiger partial charge in [0.1, 0.15) is 11.0 Å². The van der Waals surface area contributed by atoms with Crippen molar-refractivity contribution in [3.8, 4) is 5.69 Å². The van der Waals surface area contributed by atoms with Gasteiger partial charge in [-0.3, -0.25) is 4.57 Å². The molecule has 3 rings (SSSR count). The number of pyridine rings is 1. The Balaban J connectivity index is 1.84. The van der Waals surface area contributed by atoms with Crippen LogP contribution in [0.2, 0.25) is 5.15 Å². The summed E-state index contributed by atoms with van der Waals surface area (Å²) in [5, 5.41) is 3.82. The van der Waals surface area contributed by atoms with E-state index in [0.29, 0.717) is 11.7 Å². The second kappa shape index (κ2) is 5.97. The molecule has 5 heteroatoms. The van der Waals surface area contributed by atoms with Gasteiger partial charge in [0.15, 0.2) is 0 Å². The molecule has 0 amide bonds. The fourth-order valence-electron chi connectivity index (χ4n) is 2.25. The first-order valence-electron chi connectivity index (χ1n) is 6.68. The molecular weight excluding hydrogens is 284 g/mol. The molecular formula is C16H15ClN4. The van der Waals surface area contributed by atoms with Crippen molar-refractivity contribution in [1.82, 2.24) is 14.5 Å². The molecule has 0 saturated heterocycles. The molecule has 106 valence electrons. The van der Waals surface area contributed by atoms with E-state index >= 15 is 0 Å². The zero-order valence-corrected chi connectivity index (χ0v) is 12.4. The molecule has 4 nitrogen and oxygen atoms in total. The summed E-state index contributed by atoms with van der Waals surface area (Å²) in [5.41, 5.74) is 3.14. The highest BCUT2D eigenvalue weighted by atomic mass is 35.5. The highest BCUT2D eigenvalue weighted by Crippen LogP contribution is 2.17. The van der Waals surface area contributed by atoms with Crippen molar-refractivity contribution in [3.05, 3.63) is 71.5 Å². The number of hydrogen-bond acceptors (Lipinski definition) is 3. The van der Waals surface area contributed by atoms with E-state index in [9.17, 15) is 0 Å². The van der Waals surface area contributed by atoms with E-state index in [0.717, 1.165) is 22.9 Å². The van der Waals surface area contributed by atoms with Gasteiger partial charge in [-0.25, -0.2) is 9.97 Å². The Morgan fingerprint density at radius 2 is 1.95 bits per heavy atom. The Kier molecular flexibility index (Phi) is 3.88. The highest BCUT2D eigenvalue weighted by molar-refractivity contribution is 6.29. The van der Waals surface area contributed by atoms with Gasteiger partial charge in [0.05, 0.1) is 18.4 Å². The highest BCUT2D eigenvalue weighted by Gasteiger charge is 2.08. The molecule has 2 heterocycles. The predicted octanol–water partition coefficient (Wildman–Crippen LogP) is 3.84. The average molecular weight is 299 g/mol. The maximum absolute atomic E-state index is 5.89. The Morgan fingerprint density at radius 3 is 2.71 bits per heavy atom. The minimum absolute atomic E-state index is 0.479. The molecule has 0 fully saturated rings. The largest absolute Gasteiger partial charge is 0.379 e. The number of imidazole rings is 1. The molecule has 0 aliphatic rings. The lowest BCUT2D eigenvalue weighted by atomic mass is 10.3. The van der Waals surface area contributed by atoms with Crippen LogP contribution in [-0.4, -0.2) is 14.5 Å². The predicted molar refractivity (Wildman–Crippen MR) is 84.9 cm³/mol. The van der Waals surface area contributed by atoms with Gasteiger partial charge in [0.25, 0.3) is 0 Å². The monoisotopic (exact) mass is 298 g/mol. The van der Waals surface area contributed by atoms with Crippen LogP contribution in [0.5, 0.6) is 0 Å². The van der Waals surface area contributed by atoms with Crippen LogP contribution in [-0.2, 0) is 6.54 Å². The van der Waals surface area contributed by atoms with Crippen LogP contribution < -0.4 is 5.32 Å².